The van der Waals surface area contributed by atoms with Crippen molar-refractivity contribution in [1.82, 2.24) is 4.90 Å². The molecule has 0 aromatic carbocycles. The number of ether oxygens (including phenoxy) is 1. The number of rotatable bonds is 5. The van der Waals surface area contributed by atoms with Crippen molar-refractivity contribution in [2.45, 2.75) is 38.3 Å². The van der Waals surface area contributed by atoms with Crippen molar-refractivity contribution in [3.63, 3.8) is 0 Å². The van der Waals surface area contributed by atoms with Gasteiger partial charge in [0.25, 0.3) is 0 Å². The molecule has 0 fully saturated rings. The van der Waals surface area contributed by atoms with Gasteiger partial charge in [-0.1, -0.05) is 24.1 Å². The van der Waals surface area contributed by atoms with Crippen LogP contribution in [0.15, 0.2) is 63.5 Å². The van der Waals surface area contributed by atoms with Crippen LogP contribution >= 0.6 is 0 Å². The first kappa shape index (κ1) is 21.0. The third-order valence-corrected chi connectivity index (χ3v) is 5.10. The zero-order valence-electron chi connectivity index (χ0n) is 16.6. The van der Waals surface area contributed by atoms with E-state index in [1.54, 1.807) is 6.08 Å². The Hall–Kier alpha value is -2.68. The van der Waals surface area contributed by atoms with Gasteiger partial charge in [-0.2, -0.15) is 13.2 Å². The number of terminal acetylenes is 1. The van der Waals surface area contributed by atoms with E-state index in [0.717, 1.165) is 59.9 Å². The fourth-order valence-electron chi connectivity index (χ4n) is 3.77. The van der Waals surface area contributed by atoms with Crippen molar-refractivity contribution >= 4 is 5.71 Å². The number of nitrogens with zero attached hydrogens (tertiary/aromatic N) is 2. The summed E-state index contributed by atoms with van der Waals surface area (Å²) >= 11 is 0. The normalized spacial score (nSPS) is 20.3. The molecule has 154 valence electrons. The van der Waals surface area contributed by atoms with Gasteiger partial charge < -0.3 is 9.64 Å². The molecular formula is C23H25F3N2O. The molecule has 1 aliphatic carbocycles. The molecule has 3 nitrogen and oxygen atoms in total. The van der Waals surface area contributed by atoms with Gasteiger partial charge in [0.15, 0.2) is 0 Å². The van der Waals surface area contributed by atoms with Crippen molar-refractivity contribution in [3.8, 4) is 12.3 Å². The highest BCUT2D eigenvalue weighted by atomic mass is 19.4. The second kappa shape index (κ2) is 9.21. The first-order valence-electron chi connectivity index (χ1n) is 9.78. The van der Waals surface area contributed by atoms with E-state index in [-0.39, 0.29) is 13.2 Å². The first-order chi connectivity index (χ1) is 13.9. The van der Waals surface area contributed by atoms with E-state index in [2.05, 4.69) is 18.1 Å². The van der Waals surface area contributed by atoms with Gasteiger partial charge in [-0.15, -0.1) is 6.42 Å². The second-order valence-corrected chi connectivity index (χ2v) is 7.27. The molecule has 6 heteroatoms. The highest BCUT2D eigenvalue weighted by molar-refractivity contribution is 6.05. The molecule has 2 aliphatic heterocycles. The molecule has 0 unspecified atom stereocenters. The van der Waals surface area contributed by atoms with Crippen molar-refractivity contribution in [3.05, 3.63) is 58.6 Å². The Kier molecular flexibility index (Phi) is 6.68. The molecule has 0 saturated carbocycles. The minimum absolute atomic E-state index is 0.198. The van der Waals surface area contributed by atoms with Crippen LogP contribution in [-0.2, 0) is 4.74 Å². The number of allylic oxidation sites excluding steroid dienone is 8. The van der Waals surface area contributed by atoms with Crippen molar-refractivity contribution in [1.29, 1.82) is 0 Å². The summed E-state index contributed by atoms with van der Waals surface area (Å²) in [6, 6.07) is 0. The molecule has 0 bridgehead atoms. The largest absolute Gasteiger partial charge is 0.481 e. The smallest absolute Gasteiger partial charge is 0.431 e. The number of hydrogen-bond acceptors (Lipinski definition) is 3. The van der Waals surface area contributed by atoms with Crippen LogP contribution in [0.2, 0.25) is 0 Å². The molecule has 2 heterocycles. The molecule has 3 rings (SSSR count). The summed E-state index contributed by atoms with van der Waals surface area (Å²) in [6.45, 7) is 1.15. The summed E-state index contributed by atoms with van der Waals surface area (Å²) in [5, 5.41) is 0. The van der Waals surface area contributed by atoms with E-state index in [0.29, 0.717) is 13.0 Å². The van der Waals surface area contributed by atoms with Crippen molar-refractivity contribution in [2.75, 3.05) is 26.7 Å². The summed E-state index contributed by atoms with van der Waals surface area (Å²) in [5.74, 6) is 3.26. The molecule has 0 aromatic heterocycles. The summed E-state index contributed by atoms with van der Waals surface area (Å²) in [6.07, 6.45) is 14.1. The third kappa shape index (κ3) is 5.23. The summed E-state index contributed by atoms with van der Waals surface area (Å²) in [4.78, 5) is 6.02. The lowest BCUT2D eigenvalue weighted by Gasteiger charge is -2.29. The molecule has 0 amide bonds. The van der Waals surface area contributed by atoms with Gasteiger partial charge in [-0.05, 0) is 49.0 Å². The number of aliphatic imine (C=N–C) groups is 1. The molecule has 29 heavy (non-hydrogen) atoms. The second-order valence-electron chi connectivity index (χ2n) is 7.27. The lowest BCUT2D eigenvalue weighted by Crippen LogP contribution is -2.32. The van der Waals surface area contributed by atoms with Crippen LogP contribution in [0.5, 0.6) is 0 Å². The monoisotopic (exact) mass is 402 g/mol. The standard InChI is InChI=1S/C23H25F3N2O/c1-3-14-29-21-10-5-4-9-19(21)18-8-6-7-13-27-20(18)15-17-11-12-22(23(24,25)26)28(2)16-17/h1,5,8,10-12H,4,6-7,9,13-16H2,2H3. The number of alkyl halides is 3. The van der Waals surface area contributed by atoms with Gasteiger partial charge in [0.1, 0.15) is 18.1 Å². The highest BCUT2D eigenvalue weighted by Gasteiger charge is 2.37. The lowest BCUT2D eigenvalue weighted by atomic mass is 9.89. The van der Waals surface area contributed by atoms with E-state index < -0.39 is 11.9 Å². The van der Waals surface area contributed by atoms with E-state index in [4.69, 9.17) is 16.2 Å². The lowest BCUT2D eigenvalue weighted by molar-refractivity contribution is -0.109. The summed E-state index contributed by atoms with van der Waals surface area (Å²) in [7, 11) is 1.47. The molecule has 0 atom stereocenters. The zero-order valence-corrected chi connectivity index (χ0v) is 16.6. The molecule has 0 N–H and O–H groups in total. The van der Waals surface area contributed by atoms with E-state index in [1.165, 1.54) is 11.9 Å². The molecule has 0 aromatic rings. The Bertz CT molecular complexity index is 864. The molecular weight excluding hydrogens is 377 g/mol. The van der Waals surface area contributed by atoms with Crippen molar-refractivity contribution < 1.29 is 17.9 Å². The Morgan fingerprint density at radius 3 is 2.83 bits per heavy atom. The van der Waals surface area contributed by atoms with Gasteiger partial charge in [-0.25, -0.2) is 0 Å². The Labute approximate surface area is 170 Å². The van der Waals surface area contributed by atoms with Crippen LogP contribution in [0.3, 0.4) is 0 Å². The Morgan fingerprint density at radius 1 is 1.28 bits per heavy atom. The Morgan fingerprint density at radius 2 is 2.10 bits per heavy atom. The zero-order chi connectivity index (χ0) is 20.9. The summed E-state index contributed by atoms with van der Waals surface area (Å²) < 4.78 is 45.0. The van der Waals surface area contributed by atoms with Crippen LogP contribution in [0.1, 0.15) is 32.1 Å². The van der Waals surface area contributed by atoms with Gasteiger partial charge in [0, 0.05) is 37.8 Å². The average molecular weight is 402 g/mol. The molecule has 0 saturated heterocycles. The minimum atomic E-state index is -4.34. The minimum Gasteiger partial charge on any atom is -0.481 e. The molecule has 0 spiro atoms. The number of hydrogen-bond donors (Lipinski definition) is 0. The van der Waals surface area contributed by atoms with Gasteiger partial charge in [0.05, 0.1) is 0 Å². The Balaban J connectivity index is 1.88. The van der Waals surface area contributed by atoms with Crippen LogP contribution in [-0.4, -0.2) is 43.5 Å². The fourth-order valence-corrected chi connectivity index (χ4v) is 3.77. The van der Waals surface area contributed by atoms with E-state index >= 15 is 0 Å². The fraction of sp³-hybridized carbons (Fsp3) is 0.435. The SMILES string of the molecule is C#CCOC1=C(C2=CCCCN=C2CC2=CC=C(C(F)(F)F)N(C)C2)CCC=C1. The third-order valence-electron chi connectivity index (χ3n) is 5.10. The molecule has 3 aliphatic rings. The first-order valence-corrected chi connectivity index (χ1v) is 9.78. The predicted molar refractivity (Wildman–Crippen MR) is 109 cm³/mol. The quantitative estimate of drug-likeness (QED) is 0.597. The number of halogens is 3. The van der Waals surface area contributed by atoms with Gasteiger partial charge >= 0.3 is 6.18 Å². The summed E-state index contributed by atoms with van der Waals surface area (Å²) in [5.41, 5.74) is 3.33. The maximum Gasteiger partial charge on any atom is 0.431 e. The van der Waals surface area contributed by atoms with Crippen LogP contribution in [0.25, 0.3) is 0 Å². The van der Waals surface area contributed by atoms with Gasteiger partial charge in [-0.3, -0.25) is 4.99 Å². The maximum absolute atomic E-state index is 13.1. The number of likely N-dealkylation sites (N-methyl/N-ethyl adjacent to an activating group) is 1. The highest BCUT2D eigenvalue weighted by Crippen LogP contribution is 2.33. The van der Waals surface area contributed by atoms with Crippen LogP contribution in [0.4, 0.5) is 13.2 Å². The topological polar surface area (TPSA) is 24.8 Å². The van der Waals surface area contributed by atoms with E-state index in [9.17, 15) is 13.2 Å². The van der Waals surface area contributed by atoms with Gasteiger partial charge in [0.2, 0.25) is 0 Å². The van der Waals surface area contributed by atoms with Crippen LogP contribution < -0.4 is 0 Å². The van der Waals surface area contributed by atoms with Crippen LogP contribution in [0, 0.1) is 12.3 Å². The maximum atomic E-state index is 13.1. The van der Waals surface area contributed by atoms with E-state index in [1.807, 2.05) is 6.08 Å². The average Bonchev–Trinajstić information content (AvgIpc) is 2.91. The molecule has 0 radical (unpaired) electrons. The predicted octanol–water partition coefficient (Wildman–Crippen LogP) is 5.11. The van der Waals surface area contributed by atoms with Crippen molar-refractivity contribution in [2.24, 2.45) is 4.99 Å².